The summed E-state index contributed by atoms with van der Waals surface area (Å²) in [6.07, 6.45) is 4.44. The molecule has 0 aromatic heterocycles. The average Bonchev–Trinajstić information content (AvgIpc) is 3.07. The van der Waals surface area contributed by atoms with Gasteiger partial charge in [0.05, 0.1) is 5.56 Å². The third-order valence-electron chi connectivity index (χ3n) is 4.13. The van der Waals surface area contributed by atoms with Crippen molar-refractivity contribution in [1.82, 2.24) is 5.32 Å². The Labute approximate surface area is 135 Å². The number of hydrogen-bond donors (Lipinski definition) is 1. The molecular weight excluding hydrogens is 293 g/mol. The smallest absolute Gasteiger partial charge is 0.255 e. The van der Waals surface area contributed by atoms with Gasteiger partial charge in [-0.25, -0.2) is 4.39 Å². The van der Waals surface area contributed by atoms with Crippen molar-refractivity contribution in [3.05, 3.63) is 65.5 Å². The molecule has 120 valence electrons. The lowest BCUT2D eigenvalue weighted by Gasteiger charge is -2.15. The highest BCUT2D eigenvalue weighted by Crippen LogP contribution is 2.22. The summed E-state index contributed by atoms with van der Waals surface area (Å²) in [5.41, 5.74) is 1.40. The zero-order valence-electron chi connectivity index (χ0n) is 12.9. The van der Waals surface area contributed by atoms with Crippen LogP contribution in [0.4, 0.5) is 4.39 Å². The minimum Gasteiger partial charge on any atom is -0.488 e. The Bertz CT molecular complexity index is 663. The van der Waals surface area contributed by atoms with Crippen molar-refractivity contribution < 1.29 is 13.9 Å². The van der Waals surface area contributed by atoms with E-state index in [-0.39, 0.29) is 17.8 Å². The topological polar surface area (TPSA) is 38.3 Å². The highest BCUT2D eigenvalue weighted by Gasteiger charge is 2.19. The Hall–Kier alpha value is -2.36. The summed E-state index contributed by atoms with van der Waals surface area (Å²) in [4.78, 5) is 12.4. The first kappa shape index (κ1) is 15.5. The van der Waals surface area contributed by atoms with Gasteiger partial charge in [-0.2, -0.15) is 0 Å². The number of hydrogen-bond acceptors (Lipinski definition) is 2. The van der Waals surface area contributed by atoms with Crippen LogP contribution in [0.2, 0.25) is 0 Å². The van der Waals surface area contributed by atoms with Gasteiger partial charge in [0.25, 0.3) is 5.91 Å². The second-order valence-electron chi connectivity index (χ2n) is 5.87. The van der Waals surface area contributed by atoms with Crippen LogP contribution >= 0.6 is 0 Å². The summed E-state index contributed by atoms with van der Waals surface area (Å²) in [7, 11) is 0. The van der Waals surface area contributed by atoms with Crippen molar-refractivity contribution >= 4 is 5.91 Å². The zero-order valence-corrected chi connectivity index (χ0v) is 12.9. The highest BCUT2D eigenvalue weighted by atomic mass is 19.1. The molecule has 3 nitrogen and oxygen atoms in total. The van der Waals surface area contributed by atoms with Gasteiger partial charge in [-0.1, -0.05) is 37.1 Å². The molecule has 0 spiro atoms. The molecule has 0 heterocycles. The fourth-order valence-corrected chi connectivity index (χ4v) is 2.86. The van der Waals surface area contributed by atoms with Gasteiger partial charge in [-0.05, 0) is 42.7 Å². The van der Waals surface area contributed by atoms with Gasteiger partial charge in [0.15, 0.2) is 0 Å². The van der Waals surface area contributed by atoms with Crippen molar-refractivity contribution in [2.24, 2.45) is 0 Å². The summed E-state index contributed by atoms with van der Waals surface area (Å²) < 4.78 is 18.7. The van der Waals surface area contributed by atoms with Gasteiger partial charge >= 0.3 is 0 Å². The van der Waals surface area contributed by atoms with E-state index in [2.05, 4.69) is 5.32 Å². The van der Waals surface area contributed by atoms with Crippen LogP contribution in [0.25, 0.3) is 0 Å². The molecule has 0 bridgehead atoms. The molecule has 23 heavy (non-hydrogen) atoms. The molecule has 0 radical (unpaired) electrons. The minimum absolute atomic E-state index is 0.0911. The summed E-state index contributed by atoms with van der Waals surface area (Å²) >= 11 is 0. The molecule has 1 amide bonds. The Kier molecular flexibility index (Phi) is 4.91. The van der Waals surface area contributed by atoms with Crippen molar-refractivity contribution in [3.8, 4) is 5.75 Å². The van der Waals surface area contributed by atoms with Gasteiger partial charge in [0.1, 0.15) is 18.2 Å². The highest BCUT2D eigenvalue weighted by molar-refractivity contribution is 5.97. The number of carbonyl (C=O) groups is 1. The summed E-state index contributed by atoms with van der Waals surface area (Å²) in [6, 6.07) is 13.6. The van der Waals surface area contributed by atoms with E-state index in [0.29, 0.717) is 17.9 Å². The third-order valence-corrected chi connectivity index (χ3v) is 4.13. The second-order valence-corrected chi connectivity index (χ2v) is 5.87. The molecule has 1 aliphatic carbocycles. The van der Waals surface area contributed by atoms with Crippen LogP contribution < -0.4 is 10.1 Å². The maximum absolute atomic E-state index is 12.9. The Balaban J connectivity index is 1.67. The predicted octanol–water partition coefficient (Wildman–Crippen LogP) is 4.08. The molecule has 1 saturated carbocycles. The van der Waals surface area contributed by atoms with Crippen LogP contribution in [-0.2, 0) is 6.61 Å². The maximum atomic E-state index is 12.9. The number of carbonyl (C=O) groups excluding carboxylic acids is 1. The van der Waals surface area contributed by atoms with E-state index in [4.69, 9.17) is 4.74 Å². The molecule has 2 aromatic carbocycles. The predicted molar refractivity (Wildman–Crippen MR) is 86.9 cm³/mol. The molecule has 1 fully saturated rings. The van der Waals surface area contributed by atoms with E-state index in [0.717, 1.165) is 18.4 Å². The number of halogens is 1. The molecular formula is C19H20FNO2. The van der Waals surface area contributed by atoms with E-state index in [9.17, 15) is 9.18 Å². The average molecular weight is 313 g/mol. The molecule has 2 aromatic rings. The van der Waals surface area contributed by atoms with E-state index in [1.54, 1.807) is 24.3 Å². The maximum Gasteiger partial charge on any atom is 0.255 e. The molecule has 4 heteroatoms. The lowest BCUT2D eigenvalue weighted by atomic mass is 10.1. The Morgan fingerprint density at radius 1 is 1.09 bits per heavy atom. The largest absolute Gasteiger partial charge is 0.488 e. The minimum atomic E-state index is -0.273. The van der Waals surface area contributed by atoms with Crippen molar-refractivity contribution in [3.63, 3.8) is 0 Å². The molecule has 0 atom stereocenters. The number of para-hydroxylation sites is 1. The molecule has 0 aliphatic heterocycles. The molecule has 0 unspecified atom stereocenters. The number of amides is 1. The first-order chi connectivity index (χ1) is 11.2. The van der Waals surface area contributed by atoms with Crippen LogP contribution in [0.3, 0.4) is 0 Å². The Morgan fingerprint density at radius 2 is 1.78 bits per heavy atom. The lowest BCUT2D eigenvalue weighted by Crippen LogP contribution is -2.32. The number of benzene rings is 2. The quantitative estimate of drug-likeness (QED) is 0.903. The van der Waals surface area contributed by atoms with Gasteiger partial charge in [0, 0.05) is 6.04 Å². The van der Waals surface area contributed by atoms with Gasteiger partial charge < -0.3 is 10.1 Å². The number of nitrogens with one attached hydrogen (secondary N) is 1. The zero-order chi connectivity index (χ0) is 16.1. The Morgan fingerprint density at radius 3 is 2.52 bits per heavy atom. The summed E-state index contributed by atoms with van der Waals surface area (Å²) in [5.74, 6) is 0.184. The van der Waals surface area contributed by atoms with Crippen molar-refractivity contribution in [2.75, 3.05) is 0 Å². The van der Waals surface area contributed by atoms with Crippen LogP contribution in [0, 0.1) is 5.82 Å². The lowest BCUT2D eigenvalue weighted by molar-refractivity contribution is 0.0933. The van der Waals surface area contributed by atoms with Crippen molar-refractivity contribution in [2.45, 2.75) is 38.3 Å². The van der Waals surface area contributed by atoms with Gasteiger partial charge in [-0.3, -0.25) is 4.79 Å². The monoisotopic (exact) mass is 313 g/mol. The first-order valence-electron chi connectivity index (χ1n) is 7.99. The normalized spacial score (nSPS) is 14.7. The number of ether oxygens (including phenoxy) is 1. The van der Waals surface area contributed by atoms with E-state index in [1.165, 1.54) is 25.0 Å². The molecule has 1 N–H and O–H groups in total. The van der Waals surface area contributed by atoms with Gasteiger partial charge in [0.2, 0.25) is 0 Å². The molecule has 1 aliphatic rings. The van der Waals surface area contributed by atoms with E-state index >= 15 is 0 Å². The first-order valence-corrected chi connectivity index (χ1v) is 7.99. The van der Waals surface area contributed by atoms with Crippen LogP contribution in [-0.4, -0.2) is 11.9 Å². The number of rotatable bonds is 5. The summed E-state index contributed by atoms with van der Waals surface area (Å²) in [6.45, 7) is 0.300. The van der Waals surface area contributed by atoms with E-state index in [1.807, 2.05) is 12.1 Å². The van der Waals surface area contributed by atoms with Crippen molar-refractivity contribution in [1.29, 1.82) is 0 Å². The van der Waals surface area contributed by atoms with E-state index < -0.39 is 0 Å². The summed E-state index contributed by atoms with van der Waals surface area (Å²) in [5, 5.41) is 3.07. The molecule has 0 saturated heterocycles. The third kappa shape index (κ3) is 4.09. The SMILES string of the molecule is O=C(NC1CCCC1)c1ccccc1OCc1ccc(F)cc1. The van der Waals surface area contributed by atoms with Crippen LogP contribution in [0.15, 0.2) is 48.5 Å². The van der Waals surface area contributed by atoms with Gasteiger partial charge in [-0.15, -0.1) is 0 Å². The van der Waals surface area contributed by atoms with Crippen LogP contribution in [0.5, 0.6) is 5.75 Å². The molecule has 3 rings (SSSR count). The fraction of sp³-hybridized carbons (Fsp3) is 0.316. The van der Waals surface area contributed by atoms with Crippen LogP contribution in [0.1, 0.15) is 41.6 Å². The second kappa shape index (κ2) is 7.27. The standard InChI is InChI=1S/C19H20FNO2/c20-15-11-9-14(10-12-15)13-23-18-8-4-3-7-17(18)19(22)21-16-5-1-2-6-16/h3-4,7-12,16H,1-2,5-6,13H2,(H,21,22). The fourth-order valence-electron chi connectivity index (χ4n) is 2.86.